The molecule has 0 saturated carbocycles. The minimum absolute atomic E-state index is 0.0522. The Balaban J connectivity index is 1.85. The summed E-state index contributed by atoms with van der Waals surface area (Å²) in [6.45, 7) is 0. The molecule has 142 valence electrons. The van der Waals surface area contributed by atoms with Gasteiger partial charge in [-0.2, -0.15) is 0 Å². The molecule has 0 aromatic heterocycles. The molecule has 8 heteroatoms. The van der Waals surface area contributed by atoms with E-state index in [9.17, 15) is 19.3 Å². The van der Waals surface area contributed by atoms with Crippen molar-refractivity contribution in [2.75, 3.05) is 12.4 Å². The van der Waals surface area contributed by atoms with Crippen LogP contribution in [0.4, 0.5) is 15.8 Å². The minimum atomic E-state index is -0.628. The zero-order chi connectivity index (χ0) is 20.1. The second-order valence-corrected chi connectivity index (χ2v) is 5.65. The van der Waals surface area contributed by atoms with Crippen LogP contribution in [0.15, 0.2) is 66.7 Å². The van der Waals surface area contributed by atoms with E-state index in [1.165, 1.54) is 37.4 Å². The van der Waals surface area contributed by atoms with Gasteiger partial charge < -0.3 is 14.8 Å². The first kappa shape index (κ1) is 18.8. The van der Waals surface area contributed by atoms with Gasteiger partial charge in [0.2, 0.25) is 0 Å². The van der Waals surface area contributed by atoms with Crippen molar-refractivity contribution in [2.24, 2.45) is 0 Å². The summed E-state index contributed by atoms with van der Waals surface area (Å²) < 4.78 is 23.9. The fraction of sp³-hybridized carbons (Fsp3) is 0.0500. The second-order valence-electron chi connectivity index (χ2n) is 5.65. The smallest absolute Gasteiger partial charge is 0.311 e. The molecule has 0 bridgehead atoms. The highest BCUT2D eigenvalue weighted by Crippen LogP contribution is 2.31. The number of para-hydroxylation sites is 2. The van der Waals surface area contributed by atoms with Crippen molar-refractivity contribution in [3.8, 4) is 17.2 Å². The van der Waals surface area contributed by atoms with Gasteiger partial charge in [0.15, 0.2) is 11.5 Å². The lowest BCUT2D eigenvalue weighted by molar-refractivity contribution is -0.385. The topological polar surface area (TPSA) is 90.7 Å². The van der Waals surface area contributed by atoms with Crippen LogP contribution >= 0.6 is 0 Å². The summed E-state index contributed by atoms with van der Waals surface area (Å²) in [5.41, 5.74) is 0.0859. The fourth-order valence-electron chi connectivity index (χ4n) is 2.48. The Bertz CT molecular complexity index is 1040. The first-order chi connectivity index (χ1) is 13.5. The number of nitro groups is 1. The van der Waals surface area contributed by atoms with Crippen LogP contribution in [0.5, 0.6) is 17.2 Å². The van der Waals surface area contributed by atoms with Crippen molar-refractivity contribution in [3.05, 3.63) is 88.2 Å². The molecule has 28 heavy (non-hydrogen) atoms. The van der Waals surface area contributed by atoms with Crippen molar-refractivity contribution >= 4 is 17.3 Å². The fourth-order valence-corrected chi connectivity index (χ4v) is 2.48. The Morgan fingerprint density at radius 3 is 2.54 bits per heavy atom. The van der Waals surface area contributed by atoms with Gasteiger partial charge in [0, 0.05) is 17.7 Å². The summed E-state index contributed by atoms with van der Waals surface area (Å²) in [5, 5.41) is 13.8. The maximum atomic E-state index is 13.4. The van der Waals surface area contributed by atoms with Crippen LogP contribution in [0.25, 0.3) is 0 Å². The average Bonchev–Trinajstić information content (AvgIpc) is 2.69. The van der Waals surface area contributed by atoms with E-state index in [1.54, 1.807) is 30.3 Å². The molecule has 0 aliphatic rings. The number of benzene rings is 3. The number of methoxy groups -OCH3 is 1. The standard InChI is InChI=1S/C20H15FN2O5/c1-27-19-10-9-13(11-17(19)23(25)26)20(24)22-16-7-2-3-8-18(16)28-15-6-4-5-14(21)12-15/h2-12H,1H3,(H,22,24). The molecular formula is C20H15FN2O5. The Morgan fingerprint density at radius 2 is 1.82 bits per heavy atom. The number of anilines is 1. The number of hydrogen-bond donors (Lipinski definition) is 1. The number of nitro benzene ring substituents is 1. The summed E-state index contributed by atoms with van der Waals surface area (Å²) >= 11 is 0. The summed E-state index contributed by atoms with van der Waals surface area (Å²) in [4.78, 5) is 23.1. The molecule has 3 rings (SSSR count). The number of hydrogen-bond acceptors (Lipinski definition) is 5. The van der Waals surface area contributed by atoms with Crippen molar-refractivity contribution in [3.63, 3.8) is 0 Å². The van der Waals surface area contributed by atoms with Crippen molar-refractivity contribution < 1.29 is 23.6 Å². The van der Waals surface area contributed by atoms with E-state index in [-0.39, 0.29) is 22.7 Å². The normalized spacial score (nSPS) is 10.2. The number of rotatable bonds is 6. The number of nitrogens with one attached hydrogen (secondary N) is 1. The average molecular weight is 382 g/mol. The highest BCUT2D eigenvalue weighted by atomic mass is 19.1. The largest absolute Gasteiger partial charge is 0.490 e. The molecular weight excluding hydrogens is 367 g/mol. The van der Waals surface area contributed by atoms with Crippen LogP contribution in [-0.4, -0.2) is 17.9 Å². The monoisotopic (exact) mass is 382 g/mol. The van der Waals surface area contributed by atoms with Gasteiger partial charge in [-0.1, -0.05) is 18.2 Å². The lowest BCUT2D eigenvalue weighted by Crippen LogP contribution is -2.13. The molecule has 3 aromatic rings. The number of carbonyl (C=O) groups is 1. The molecule has 3 aromatic carbocycles. The Hall–Kier alpha value is -3.94. The van der Waals surface area contributed by atoms with Gasteiger partial charge in [-0.15, -0.1) is 0 Å². The molecule has 0 unspecified atom stereocenters. The quantitative estimate of drug-likeness (QED) is 0.489. The molecule has 0 radical (unpaired) electrons. The highest BCUT2D eigenvalue weighted by Gasteiger charge is 2.19. The van der Waals surface area contributed by atoms with Gasteiger partial charge in [0.25, 0.3) is 5.91 Å². The van der Waals surface area contributed by atoms with Gasteiger partial charge in [0.05, 0.1) is 17.7 Å². The van der Waals surface area contributed by atoms with Gasteiger partial charge in [-0.05, 0) is 36.4 Å². The third kappa shape index (κ3) is 4.24. The van der Waals surface area contributed by atoms with Crippen LogP contribution in [0.3, 0.4) is 0 Å². The van der Waals surface area contributed by atoms with Gasteiger partial charge >= 0.3 is 5.69 Å². The number of halogens is 1. The van der Waals surface area contributed by atoms with E-state index >= 15 is 0 Å². The van der Waals surface area contributed by atoms with Crippen LogP contribution in [-0.2, 0) is 0 Å². The number of carbonyl (C=O) groups excluding carboxylic acids is 1. The molecule has 1 N–H and O–H groups in total. The first-order valence-corrected chi connectivity index (χ1v) is 8.14. The summed E-state index contributed by atoms with van der Waals surface area (Å²) in [6.07, 6.45) is 0. The molecule has 0 aliphatic heterocycles. The lowest BCUT2D eigenvalue weighted by Gasteiger charge is -2.12. The van der Waals surface area contributed by atoms with E-state index < -0.39 is 16.6 Å². The van der Waals surface area contributed by atoms with E-state index in [1.807, 2.05) is 0 Å². The maximum absolute atomic E-state index is 13.4. The molecule has 0 spiro atoms. The molecule has 0 fully saturated rings. The van der Waals surface area contributed by atoms with E-state index in [0.717, 1.165) is 6.07 Å². The Morgan fingerprint density at radius 1 is 1.04 bits per heavy atom. The van der Waals surface area contributed by atoms with E-state index in [0.29, 0.717) is 11.4 Å². The van der Waals surface area contributed by atoms with Gasteiger partial charge in [-0.25, -0.2) is 4.39 Å². The van der Waals surface area contributed by atoms with Gasteiger partial charge in [0.1, 0.15) is 11.6 Å². The summed E-state index contributed by atoms with van der Waals surface area (Å²) in [7, 11) is 1.31. The van der Waals surface area contributed by atoms with Crippen LogP contribution in [0.1, 0.15) is 10.4 Å². The zero-order valence-electron chi connectivity index (χ0n) is 14.7. The third-order valence-electron chi connectivity index (χ3n) is 3.80. The Kier molecular flexibility index (Phi) is 5.50. The van der Waals surface area contributed by atoms with Crippen LogP contribution < -0.4 is 14.8 Å². The second kappa shape index (κ2) is 8.17. The predicted octanol–water partition coefficient (Wildman–Crippen LogP) is 4.79. The predicted molar refractivity (Wildman–Crippen MR) is 101 cm³/mol. The summed E-state index contributed by atoms with van der Waals surface area (Å²) in [6, 6.07) is 16.1. The van der Waals surface area contributed by atoms with Crippen molar-refractivity contribution in [2.45, 2.75) is 0 Å². The molecule has 1 amide bonds. The minimum Gasteiger partial charge on any atom is -0.490 e. The van der Waals surface area contributed by atoms with Crippen LogP contribution in [0, 0.1) is 15.9 Å². The molecule has 7 nitrogen and oxygen atoms in total. The van der Waals surface area contributed by atoms with Crippen LogP contribution in [0.2, 0.25) is 0 Å². The number of ether oxygens (including phenoxy) is 2. The molecule has 0 heterocycles. The molecule has 0 atom stereocenters. The third-order valence-corrected chi connectivity index (χ3v) is 3.80. The maximum Gasteiger partial charge on any atom is 0.311 e. The lowest BCUT2D eigenvalue weighted by atomic mass is 10.1. The van der Waals surface area contributed by atoms with E-state index in [4.69, 9.17) is 9.47 Å². The highest BCUT2D eigenvalue weighted by molar-refractivity contribution is 6.05. The Labute approximate surface area is 159 Å². The molecule has 0 saturated heterocycles. The van der Waals surface area contributed by atoms with Gasteiger partial charge in [-0.3, -0.25) is 14.9 Å². The van der Waals surface area contributed by atoms with Crippen molar-refractivity contribution in [1.82, 2.24) is 0 Å². The zero-order valence-corrected chi connectivity index (χ0v) is 14.7. The number of amides is 1. The number of nitrogens with zero attached hydrogens (tertiary/aromatic N) is 1. The summed E-state index contributed by atoms with van der Waals surface area (Å²) in [5.74, 6) is -0.409. The van der Waals surface area contributed by atoms with E-state index in [2.05, 4.69) is 5.32 Å². The van der Waals surface area contributed by atoms with Crippen molar-refractivity contribution in [1.29, 1.82) is 0 Å². The SMILES string of the molecule is COc1ccc(C(=O)Nc2ccccc2Oc2cccc(F)c2)cc1[N+](=O)[O-]. The molecule has 0 aliphatic carbocycles. The first-order valence-electron chi connectivity index (χ1n) is 8.14.